The molecule has 0 amide bonds. The number of halogens is 3. The summed E-state index contributed by atoms with van der Waals surface area (Å²) in [6.07, 6.45) is -1.89. The smallest absolute Gasteiger partial charge is 0.433 e. The standard InChI is InChI=1S/C36H37F3N6O4S/c1-5-28-21-44(50(47,48)32-8-7-15-40-35(32)49-28)20-26-17-25(11-9-22(26)3)30(29-12-13-31-34(23(29)4)42-43-45(31)6-2)18-27(46)16-24-10-14-33(41-19-24)36(37,38)39/h7-15,17,19,28,30H,5-6,16,18,20-21H2,1-4H3/t28-,30+/m1/s1. The zero-order valence-electron chi connectivity index (χ0n) is 28.1. The number of aryl methyl sites for hydroxylation is 3. The number of carbonyl (C=O) groups excluding carboxylic acids is 1. The van der Waals surface area contributed by atoms with Gasteiger partial charge >= 0.3 is 6.18 Å². The number of ketones is 1. The van der Waals surface area contributed by atoms with Crippen molar-refractivity contribution in [2.24, 2.45) is 0 Å². The fraction of sp³-hybridized carbons (Fsp3) is 0.361. The number of carbonyl (C=O) groups is 1. The number of ether oxygens (including phenoxy) is 1. The van der Waals surface area contributed by atoms with Gasteiger partial charge in [0.15, 0.2) is 0 Å². The average molecular weight is 707 g/mol. The van der Waals surface area contributed by atoms with Crippen LogP contribution in [0, 0.1) is 13.8 Å². The summed E-state index contributed by atoms with van der Waals surface area (Å²) in [7, 11) is -3.96. The maximum Gasteiger partial charge on any atom is 0.433 e. The molecule has 6 rings (SSSR count). The second kappa shape index (κ2) is 13.9. The van der Waals surface area contributed by atoms with E-state index in [1.165, 1.54) is 22.6 Å². The monoisotopic (exact) mass is 706 g/mol. The van der Waals surface area contributed by atoms with Crippen LogP contribution < -0.4 is 4.74 Å². The fourth-order valence-corrected chi connectivity index (χ4v) is 7.90. The second-order valence-corrected chi connectivity index (χ2v) is 14.4. The maximum atomic E-state index is 13.9. The van der Waals surface area contributed by atoms with E-state index in [1.807, 2.05) is 58.0 Å². The van der Waals surface area contributed by atoms with Crippen molar-refractivity contribution in [2.45, 2.75) is 83.1 Å². The van der Waals surface area contributed by atoms with Crippen LogP contribution in [-0.4, -0.2) is 56.1 Å². The molecule has 262 valence electrons. The zero-order chi connectivity index (χ0) is 35.8. The molecule has 0 N–H and O–H groups in total. The van der Waals surface area contributed by atoms with Crippen molar-refractivity contribution in [3.05, 3.63) is 106 Å². The first-order chi connectivity index (χ1) is 23.8. The lowest BCUT2D eigenvalue weighted by Gasteiger charge is -2.25. The van der Waals surface area contributed by atoms with Crippen LogP contribution in [0.4, 0.5) is 13.2 Å². The number of benzene rings is 2. The third kappa shape index (κ3) is 6.99. The number of fused-ring (bicyclic) bond motifs is 2. The van der Waals surface area contributed by atoms with Crippen LogP contribution in [0.1, 0.15) is 71.7 Å². The van der Waals surface area contributed by atoms with E-state index in [0.29, 0.717) is 24.0 Å². The van der Waals surface area contributed by atoms with Gasteiger partial charge in [0.1, 0.15) is 28.0 Å². The highest BCUT2D eigenvalue weighted by Crippen LogP contribution is 2.36. The fourth-order valence-electron chi connectivity index (χ4n) is 6.38. The van der Waals surface area contributed by atoms with Crippen molar-refractivity contribution in [3.8, 4) is 5.88 Å². The van der Waals surface area contributed by atoms with E-state index in [-0.39, 0.29) is 42.5 Å². The van der Waals surface area contributed by atoms with Gasteiger partial charge in [0.05, 0.1) is 12.1 Å². The molecular formula is C36H37F3N6O4S. The highest BCUT2D eigenvalue weighted by atomic mass is 32.2. The Labute approximate surface area is 288 Å². The first-order valence-electron chi connectivity index (χ1n) is 16.4. The second-order valence-electron chi connectivity index (χ2n) is 12.5. The van der Waals surface area contributed by atoms with Gasteiger partial charge in [0.2, 0.25) is 15.9 Å². The van der Waals surface area contributed by atoms with Gasteiger partial charge in [-0.05, 0) is 84.8 Å². The minimum absolute atomic E-state index is 0.00930. The summed E-state index contributed by atoms with van der Waals surface area (Å²) < 4.78 is 76.3. The molecule has 0 radical (unpaired) electrons. The van der Waals surface area contributed by atoms with Crippen molar-refractivity contribution < 1.29 is 31.1 Å². The number of pyridine rings is 2. The molecule has 4 heterocycles. The Morgan fingerprint density at radius 1 is 1.06 bits per heavy atom. The molecule has 14 heteroatoms. The van der Waals surface area contributed by atoms with Crippen molar-refractivity contribution in [1.82, 2.24) is 29.3 Å². The molecule has 5 aromatic rings. The van der Waals surface area contributed by atoms with Crippen LogP contribution in [0.5, 0.6) is 5.88 Å². The van der Waals surface area contributed by atoms with E-state index in [0.717, 1.165) is 45.6 Å². The molecule has 10 nitrogen and oxygen atoms in total. The Bertz CT molecular complexity index is 2150. The largest absolute Gasteiger partial charge is 0.472 e. The van der Waals surface area contributed by atoms with Crippen molar-refractivity contribution in [2.75, 3.05) is 6.54 Å². The van der Waals surface area contributed by atoms with Gasteiger partial charge in [-0.3, -0.25) is 9.78 Å². The number of hydrogen-bond acceptors (Lipinski definition) is 8. The molecule has 0 saturated carbocycles. The highest BCUT2D eigenvalue weighted by Gasteiger charge is 2.36. The number of sulfonamides is 1. The minimum Gasteiger partial charge on any atom is -0.472 e. The first-order valence-corrected chi connectivity index (χ1v) is 17.8. The Morgan fingerprint density at radius 3 is 2.56 bits per heavy atom. The number of alkyl halides is 3. The summed E-state index contributed by atoms with van der Waals surface area (Å²) in [5, 5.41) is 8.67. The van der Waals surface area contributed by atoms with Crippen LogP contribution in [0.2, 0.25) is 0 Å². The van der Waals surface area contributed by atoms with Crippen molar-refractivity contribution in [1.29, 1.82) is 0 Å². The number of nitrogens with zero attached hydrogens (tertiary/aromatic N) is 6. The minimum atomic E-state index is -4.58. The van der Waals surface area contributed by atoms with E-state index in [2.05, 4.69) is 20.3 Å². The lowest BCUT2D eigenvalue weighted by molar-refractivity contribution is -0.141. The maximum absolute atomic E-state index is 13.9. The molecule has 0 fully saturated rings. The summed E-state index contributed by atoms with van der Waals surface area (Å²) in [4.78, 5) is 21.4. The lowest BCUT2D eigenvalue weighted by Crippen LogP contribution is -2.36. The van der Waals surface area contributed by atoms with Crippen LogP contribution in [0.15, 0.2) is 71.9 Å². The molecule has 0 unspecified atom stereocenters. The van der Waals surface area contributed by atoms with Gasteiger partial charge in [0.25, 0.3) is 0 Å². The summed E-state index contributed by atoms with van der Waals surface area (Å²) in [5.74, 6) is -0.588. The van der Waals surface area contributed by atoms with Crippen LogP contribution in [0.25, 0.3) is 11.0 Å². The Balaban J connectivity index is 1.37. The Hall–Kier alpha value is -4.69. The van der Waals surface area contributed by atoms with E-state index in [4.69, 9.17) is 4.74 Å². The van der Waals surface area contributed by atoms with Gasteiger partial charge in [-0.1, -0.05) is 42.5 Å². The number of hydrogen-bond donors (Lipinski definition) is 0. The Morgan fingerprint density at radius 2 is 1.86 bits per heavy atom. The SMILES string of the molecule is CC[C@@H]1CN(Cc2cc([C@H](CC(=O)Cc3ccc(C(F)(F)F)nc3)c3ccc4c(nnn4CC)c3C)ccc2C)S(=O)(=O)c2cccnc2O1. The number of aromatic nitrogens is 5. The zero-order valence-corrected chi connectivity index (χ0v) is 28.9. The highest BCUT2D eigenvalue weighted by molar-refractivity contribution is 7.89. The van der Waals surface area contributed by atoms with Gasteiger partial charge in [-0.25, -0.2) is 18.1 Å². The average Bonchev–Trinajstić information content (AvgIpc) is 3.47. The molecule has 2 atom stereocenters. The molecule has 2 aromatic carbocycles. The third-order valence-electron chi connectivity index (χ3n) is 9.22. The van der Waals surface area contributed by atoms with E-state index < -0.39 is 33.9 Å². The number of rotatable bonds is 10. The van der Waals surface area contributed by atoms with E-state index >= 15 is 0 Å². The van der Waals surface area contributed by atoms with Gasteiger partial charge < -0.3 is 4.74 Å². The predicted octanol–water partition coefficient (Wildman–Crippen LogP) is 6.57. The molecule has 1 aliphatic heterocycles. The van der Waals surface area contributed by atoms with Gasteiger partial charge in [-0.2, -0.15) is 17.5 Å². The summed E-state index contributed by atoms with van der Waals surface area (Å²) in [6.45, 7) is 8.56. The number of Topliss-reactive ketones (excluding diaryl/α,β-unsaturated/α-hetero) is 1. The van der Waals surface area contributed by atoms with E-state index in [9.17, 15) is 26.4 Å². The molecule has 1 aliphatic rings. The topological polar surface area (TPSA) is 120 Å². The van der Waals surface area contributed by atoms with Gasteiger partial charge in [-0.15, -0.1) is 5.10 Å². The normalized spacial score (nSPS) is 16.8. The van der Waals surface area contributed by atoms with Crippen molar-refractivity contribution in [3.63, 3.8) is 0 Å². The van der Waals surface area contributed by atoms with Crippen LogP contribution in [0.3, 0.4) is 0 Å². The molecular weight excluding hydrogens is 669 g/mol. The Kier molecular flexibility index (Phi) is 9.78. The van der Waals surface area contributed by atoms with E-state index in [1.54, 1.807) is 10.7 Å². The predicted molar refractivity (Wildman–Crippen MR) is 180 cm³/mol. The molecule has 0 aliphatic carbocycles. The first kappa shape index (κ1) is 35.1. The molecule has 0 spiro atoms. The third-order valence-corrected chi connectivity index (χ3v) is 11.0. The molecule has 50 heavy (non-hydrogen) atoms. The van der Waals surface area contributed by atoms with Gasteiger partial charge in [0, 0.05) is 44.2 Å². The van der Waals surface area contributed by atoms with Crippen LogP contribution in [-0.2, 0) is 40.5 Å². The quantitative estimate of drug-likeness (QED) is 0.160. The molecule has 0 saturated heterocycles. The summed E-state index contributed by atoms with van der Waals surface area (Å²) >= 11 is 0. The molecule has 0 bridgehead atoms. The molecule has 3 aromatic heterocycles. The summed E-state index contributed by atoms with van der Waals surface area (Å²) in [6, 6.07) is 14.9. The lowest BCUT2D eigenvalue weighted by atomic mass is 9.82. The van der Waals surface area contributed by atoms with Crippen LogP contribution >= 0.6 is 0 Å². The summed E-state index contributed by atoms with van der Waals surface area (Å²) in [5.41, 5.74) is 5.01. The van der Waals surface area contributed by atoms with Crippen molar-refractivity contribution >= 4 is 26.8 Å².